The van der Waals surface area contributed by atoms with Gasteiger partial charge in [0.2, 0.25) is 0 Å². The predicted octanol–water partition coefficient (Wildman–Crippen LogP) is 3.50. The number of fused-ring (bicyclic) bond motifs is 1. The zero-order valence-electron chi connectivity index (χ0n) is 12.8. The van der Waals surface area contributed by atoms with Crippen molar-refractivity contribution in [2.45, 2.75) is 45.4 Å². The molecule has 21 heavy (non-hydrogen) atoms. The molecule has 1 N–H and O–H groups in total. The summed E-state index contributed by atoms with van der Waals surface area (Å²) in [5, 5.41) is 9.07. The highest BCUT2D eigenvalue weighted by Crippen LogP contribution is 2.33. The number of benzene rings is 1. The Morgan fingerprint density at radius 2 is 2.14 bits per heavy atom. The van der Waals surface area contributed by atoms with Crippen LogP contribution in [0.4, 0.5) is 5.69 Å². The summed E-state index contributed by atoms with van der Waals surface area (Å²) in [6.07, 6.45) is 7.29. The molecule has 0 saturated heterocycles. The van der Waals surface area contributed by atoms with E-state index in [2.05, 4.69) is 23.1 Å². The summed E-state index contributed by atoms with van der Waals surface area (Å²) in [5.41, 5.74) is 3.94. The van der Waals surface area contributed by atoms with Crippen molar-refractivity contribution < 1.29 is 9.90 Å². The van der Waals surface area contributed by atoms with E-state index < -0.39 is 5.97 Å². The van der Waals surface area contributed by atoms with Crippen LogP contribution < -0.4 is 4.90 Å². The number of carboxylic acids is 1. The van der Waals surface area contributed by atoms with E-state index in [0.717, 1.165) is 24.4 Å². The molecule has 1 aliphatic heterocycles. The third-order valence-corrected chi connectivity index (χ3v) is 5.06. The van der Waals surface area contributed by atoms with Crippen LogP contribution in [0.1, 0.15) is 43.7 Å². The van der Waals surface area contributed by atoms with Gasteiger partial charge in [-0.25, -0.2) is 0 Å². The highest BCUT2D eigenvalue weighted by atomic mass is 16.4. The van der Waals surface area contributed by atoms with Gasteiger partial charge in [0.1, 0.15) is 0 Å². The number of carbonyl (C=O) groups is 1. The molecule has 3 nitrogen and oxygen atoms in total. The number of nitrogens with zero attached hydrogens (tertiary/aromatic N) is 1. The minimum absolute atomic E-state index is 0.312. The first-order valence-corrected chi connectivity index (χ1v) is 8.23. The van der Waals surface area contributed by atoms with Crippen LogP contribution in [0.2, 0.25) is 0 Å². The van der Waals surface area contributed by atoms with Crippen LogP contribution in [-0.4, -0.2) is 24.2 Å². The smallest absolute Gasteiger partial charge is 0.306 e. The topological polar surface area (TPSA) is 40.5 Å². The van der Waals surface area contributed by atoms with Crippen molar-refractivity contribution in [3.05, 3.63) is 29.3 Å². The van der Waals surface area contributed by atoms with Crippen molar-refractivity contribution in [1.29, 1.82) is 0 Å². The van der Waals surface area contributed by atoms with E-state index in [-0.39, 0.29) is 5.92 Å². The lowest BCUT2D eigenvalue weighted by Gasteiger charge is -2.24. The van der Waals surface area contributed by atoms with E-state index in [4.69, 9.17) is 5.11 Å². The van der Waals surface area contributed by atoms with E-state index in [1.165, 1.54) is 43.5 Å². The average Bonchev–Trinajstić information content (AvgIpc) is 3.09. The second-order valence-corrected chi connectivity index (χ2v) is 6.75. The Labute approximate surface area is 127 Å². The van der Waals surface area contributed by atoms with Gasteiger partial charge in [-0.1, -0.05) is 31.9 Å². The summed E-state index contributed by atoms with van der Waals surface area (Å²) in [6.45, 7) is 4.10. The summed E-state index contributed by atoms with van der Waals surface area (Å²) in [7, 11) is 0. The van der Waals surface area contributed by atoms with E-state index in [9.17, 15) is 4.79 Å². The minimum Gasteiger partial charge on any atom is -0.481 e. The summed E-state index contributed by atoms with van der Waals surface area (Å²) < 4.78 is 0. The lowest BCUT2D eigenvalue weighted by atomic mass is 9.99. The maximum absolute atomic E-state index is 11.0. The molecule has 1 aromatic rings. The number of anilines is 1. The molecule has 1 atom stereocenters. The SMILES string of the molecule is CC(Cc1ccc2c(c1)N(CC1CCCC1)CC2)C(=O)O. The zero-order valence-corrected chi connectivity index (χ0v) is 12.8. The predicted molar refractivity (Wildman–Crippen MR) is 84.8 cm³/mol. The van der Waals surface area contributed by atoms with Crippen molar-refractivity contribution in [1.82, 2.24) is 0 Å². The highest BCUT2D eigenvalue weighted by Gasteiger charge is 2.24. The molecular weight excluding hydrogens is 262 g/mol. The maximum Gasteiger partial charge on any atom is 0.306 e. The summed E-state index contributed by atoms with van der Waals surface area (Å²) >= 11 is 0. The normalized spacial score (nSPS) is 19.8. The quantitative estimate of drug-likeness (QED) is 0.901. The first-order chi connectivity index (χ1) is 10.1. The lowest BCUT2D eigenvalue weighted by molar-refractivity contribution is -0.141. The number of rotatable bonds is 5. The molecule has 1 saturated carbocycles. The molecule has 0 radical (unpaired) electrons. The maximum atomic E-state index is 11.0. The van der Waals surface area contributed by atoms with Crippen LogP contribution in [0.25, 0.3) is 0 Å². The second-order valence-electron chi connectivity index (χ2n) is 6.75. The van der Waals surface area contributed by atoms with Gasteiger partial charge in [-0.3, -0.25) is 4.79 Å². The zero-order chi connectivity index (χ0) is 14.8. The summed E-state index contributed by atoms with van der Waals surface area (Å²) in [6, 6.07) is 6.54. The molecule has 3 rings (SSSR count). The van der Waals surface area contributed by atoms with Crippen molar-refractivity contribution >= 4 is 11.7 Å². The van der Waals surface area contributed by atoms with E-state index in [0.29, 0.717) is 6.42 Å². The fourth-order valence-corrected chi connectivity index (χ4v) is 3.75. The van der Waals surface area contributed by atoms with Crippen LogP contribution in [0.3, 0.4) is 0 Å². The third-order valence-electron chi connectivity index (χ3n) is 5.06. The van der Waals surface area contributed by atoms with Gasteiger partial charge < -0.3 is 10.0 Å². The van der Waals surface area contributed by atoms with E-state index in [1.807, 2.05) is 0 Å². The molecule has 2 aliphatic rings. The first kappa shape index (κ1) is 14.4. The largest absolute Gasteiger partial charge is 0.481 e. The number of carboxylic acid groups (broad SMARTS) is 1. The van der Waals surface area contributed by atoms with Gasteiger partial charge in [-0.05, 0) is 48.8 Å². The lowest BCUT2D eigenvalue weighted by Crippen LogP contribution is -2.26. The third kappa shape index (κ3) is 3.22. The Balaban J connectivity index is 1.72. The van der Waals surface area contributed by atoms with Gasteiger partial charge in [0, 0.05) is 18.8 Å². The minimum atomic E-state index is -0.710. The Morgan fingerprint density at radius 3 is 2.86 bits per heavy atom. The number of hydrogen-bond donors (Lipinski definition) is 1. The van der Waals surface area contributed by atoms with Gasteiger partial charge in [-0.2, -0.15) is 0 Å². The molecule has 1 aliphatic carbocycles. The van der Waals surface area contributed by atoms with Crippen LogP contribution in [0.5, 0.6) is 0 Å². The molecule has 0 aromatic heterocycles. The molecular formula is C18H25NO2. The number of aliphatic carboxylic acids is 1. The van der Waals surface area contributed by atoms with E-state index >= 15 is 0 Å². The molecule has 0 amide bonds. The Bertz CT molecular complexity index is 520. The molecule has 0 spiro atoms. The van der Waals surface area contributed by atoms with Gasteiger partial charge in [-0.15, -0.1) is 0 Å². The van der Waals surface area contributed by atoms with Gasteiger partial charge in [0.15, 0.2) is 0 Å². The summed E-state index contributed by atoms with van der Waals surface area (Å²) in [4.78, 5) is 13.5. The van der Waals surface area contributed by atoms with Crippen LogP contribution in [-0.2, 0) is 17.6 Å². The van der Waals surface area contributed by atoms with Crippen molar-refractivity contribution in [2.75, 3.05) is 18.0 Å². The van der Waals surface area contributed by atoms with Crippen LogP contribution in [0.15, 0.2) is 18.2 Å². The Hall–Kier alpha value is -1.51. The fraction of sp³-hybridized carbons (Fsp3) is 0.611. The average molecular weight is 287 g/mol. The van der Waals surface area contributed by atoms with Crippen molar-refractivity contribution in [3.8, 4) is 0 Å². The van der Waals surface area contributed by atoms with Crippen molar-refractivity contribution in [3.63, 3.8) is 0 Å². The molecule has 1 fully saturated rings. The monoisotopic (exact) mass is 287 g/mol. The molecule has 1 heterocycles. The molecule has 0 bridgehead atoms. The standard InChI is InChI=1S/C18H25NO2/c1-13(18(20)21)10-15-6-7-16-8-9-19(17(16)11-15)12-14-4-2-3-5-14/h6-7,11,13-14H,2-5,8-10,12H2,1H3,(H,20,21). The first-order valence-electron chi connectivity index (χ1n) is 8.23. The summed E-state index contributed by atoms with van der Waals surface area (Å²) in [5.74, 6) is -0.163. The fourth-order valence-electron chi connectivity index (χ4n) is 3.75. The molecule has 1 aromatic carbocycles. The van der Waals surface area contributed by atoms with E-state index in [1.54, 1.807) is 6.92 Å². The van der Waals surface area contributed by atoms with Gasteiger partial charge in [0.25, 0.3) is 0 Å². The second kappa shape index (κ2) is 6.08. The number of hydrogen-bond acceptors (Lipinski definition) is 2. The Morgan fingerprint density at radius 1 is 1.38 bits per heavy atom. The Kier molecular flexibility index (Phi) is 4.18. The molecule has 114 valence electrons. The van der Waals surface area contributed by atoms with Gasteiger partial charge >= 0.3 is 5.97 Å². The van der Waals surface area contributed by atoms with Crippen LogP contribution >= 0.6 is 0 Å². The molecule has 1 unspecified atom stereocenters. The molecule has 3 heteroatoms. The van der Waals surface area contributed by atoms with Crippen LogP contribution in [0, 0.1) is 11.8 Å². The highest BCUT2D eigenvalue weighted by molar-refractivity contribution is 5.70. The van der Waals surface area contributed by atoms with Gasteiger partial charge in [0.05, 0.1) is 5.92 Å². The van der Waals surface area contributed by atoms with Crippen molar-refractivity contribution in [2.24, 2.45) is 11.8 Å².